The molecule has 1 unspecified atom stereocenters. The molecule has 4 heteroatoms. The number of hydrogen-bond acceptors (Lipinski definition) is 4. The summed E-state index contributed by atoms with van der Waals surface area (Å²) in [4.78, 5) is 7.82. The molecule has 20 heavy (non-hydrogen) atoms. The van der Waals surface area contributed by atoms with Gasteiger partial charge in [-0.3, -0.25) is 9.80 Å². The molecule has 0 saturated carbocycles. The standard InChI is InChI=1S/C16H34N4/c1-3-7-17-15-16-6-4-5-8-20(16)14-13-19-11-9-18(2)10-12-19/h16-17H,3-15H2,1-2H3. The van der Waals surface area contributed by atoms with Crippen molar-refractivity contribution in [3.63, 3.8) is 0 Å². The van der Waals surface area contributed by atoms with Gasteiger partial charge in [-0.05, 0) is 39.4 Å². The molecular formula is C16H34N4. The fourth-order valence-corrected chi connectivity index (χ4v) is 3.37. The van der Waals surface area contributed by atoms with E-state index in [-0.39, 0.29) is 0 Å². The zero-order valence-electron chi connectivity index (χ0n) is 13.6. The second-order valence-electron chi connectivity index (χ2n) is 6.53. The number of piperazine rings is 1. The summed E-state index contributed by atoms with van der Waals surface area (Å²) in [6, 6.07) is 0.780. The SMILES string of the molecule is CCCNCC1CCCCN1CCN1CCN(C)CC1. The Bertz CT molecular complexity index is 251. The van der Waals surface area contributed by atoms with E-state index in [1.54, 1.807) is 0 Å². The Morgan fingerprint density at radius 1 is 1.00 bits per heavy atom. The first-order valence-electron chi connectivity index (χ1n) is 8.65. The minimum absolute atomic E-state index is 0.780. The molecule has 2 fully saturated rings. The van der Waals surface area contributed by atoms with Gasteiger partial charge in [0.25, 0.3) is 0 Å². The van der Waals surface area contributed by atoms with E-state index >= 15 is 0 Å². The molecule has 0 aromatic heterocycles. The quantitative estimate of drug-likeness (QED) is 0.706. The van der Waals surface area contributed by atoms with Crippen molar-refractivity contribution in [2.45, 2.75) is 38.6 Å². The molecule has 0 spiro atoms. The third-order valence-electron chi connectivity index (χ3n) is 4.86. The van der Waals surface area contributed by atoms with Gasteiger partial charge in [-0.2, -0.15) is 0 Å². The van der Waals surface area contributed by atoms with Gasteiger partial charge in [-0.15, -0.1) is 0 Å². The first-order chi connectivity index (χ1) is 9.79. The van der Waals surface area contributed by atoms with E-state index in [0.29, 0.717) is 0 Å². The van der Waals surface area contributed by atoms with Crippen LogP contribution in [0.3, 0.4) is 0 Å². The summed E-state index contributed by atoms with van der Waals surface area (Å²) in [5.74, 6) is 0. The van der Waals surface area contributed by atoms with E-state index in [1.807, 2.05) is 0 Å². The summed E-state index contributed by atoms with van der Waals surface area (Å²) >= 11 is 0. The van der Waals surface area contributed by atoms with Crippen molar-refractivity contribution >= 4 is 0 Å². The van der Waals surface area contributed by atoms with E-state index in [4.69, 9.17) is 0 Å². The maximum Gasteiger partial charge on any atom is 0.0221 e. The lowest BCUT2D eigenvalue weighted by atomic mass is 10.0. The number of nitrogens with one attached hydrogen (secondary N) is 1. The normalized spacial score (nSPS) is 27.0. The van der Waals surface area contributed by atoms with E-state index in [0.717, 1.165) is 6.04 Å². The van der Waals surface area contributed by atoms with Crippen molar-refractivity contribution in [2.24, 2.45) is 0 Å². The number of piperidine rings is 1. The molecule has 2 heterocycles. The highest BCUT2D eigenvalue weighted by atomic mass is 15.3. The summed E-state index contributed by atoms with van der Waals surface area (Å²) in [5.41, 5.74) is 0. The van der Waals surface area contributed by atoms with Gasteiger partial charge in [0, 0.05) is 51.9 Å². The monoisotopic (exact) mass is 282 g/mol. The van der Waals surface area contributed by atoms with Gasteiger partial charge in [-0.25, -0.2) is 0 Å². The molecule has 1 N–H and O–H groups in total. The lowest BCUT2D eigenvalue weighted by molar-refractivity contribution is 0.101. The molecule has 0 aliphatic carbocycles. The van der Waals surface area contributed by atoms with Gasteiger partial charge >= 0.3 is 0 Å². The first-order valence-corrected chi connectivity index (χ1v) is 8.65. The number of likely N-dealkylation sites (N-methyl/N-ethyl adjacent to an activating group) is 1. The first kappa shape index (κ1) is 16.2. The van der Waals surface area contributed by atoms with Gasteiger partial charge in [0.1, 0.15) is 0 Å². The Hall–Kier alpha value is -0.160. The van der Waals surface area contributed by atoms with Crippen LogP contribution in [0.1, 0.15) is 32.6 Å². The topological polar surface area (TPSA) is 21.8 Å². The van der Waals surface area contributed by atoms with Gasteiger partial charge < -0.3 is 10.2 Å². The summed E-state index contributed by atoms with van der Waals surface area (Å²) < 4.78 is 0. The second kappa shape index (κ2) is 8.98. The Kier molecular flexibility index (Phi) is 7.28. The highest BCUT2D eigenvalue weighted by molar-refractivity contribution is 4.80. The minimum Gasteiger partial charge on any atom is -0.315 e. The second-order valence-corrected chi connectivity index (χ2v) is 6.53. The summed E-state index contributed by atoms with van der Waals surface area (Å²) in [7, 11) is 2.23. The average molecular weight is 282 g/mol. The molecule has 118 valence electrons. The van der Waals surface area contributed by atoms with Crippen LogP contribution in [0.25, 0.3) is 0 Å². The minimum atomic E-state index is 0.780. The van der Waals surface area contributed by atoms with E-state index < -0.39 is 0 Å². The molecule has 0 bridgehead atoms. The Morgan fingerprint density at radius 3 is 2.55 bits per heavy atom. The van der Waals surface area contributed by atoms with Crippen LogP contribution in [-0.2, 0) is 0 Å². The smallest absolute Gasteiger partial charge is 0.0221 e. The van der Waals surface area contributed by atoms with Crippen LogP contribution in [0.4, 0.5) is 0 Å². The molecule has 2 saturated heterocycles. The molecule has 0 aromatic carbocycles. The highest BCUT2D eigenvalue weighted by Crippen LogP contribution is 2.16. The maximum absolute atomic E-state index is 3.62. The molecule has 2 aliphatic rings. The number of likely N-dealkylation sites (tertiary alicyclic amines) is 1. The Labute approximate surface area is 125 Å². The maximum atomic E-state index is 3.62. The van der Waals surface area contributed by atoms with Crippen LogP contribution >= 0.6 is 0 Å². The molecule has 4 nitrogen and oxygen atoms in total. The number of nitrogens with zero attached hydrogens (tertiary/aromatic N) is 3. The van der Waals surface area contributed by atoms with Crippen LogP contribution in [0.15, 0.2) is 0 Å². The fraction of sp³-hybridized carbons (Fsp3) is 1.00. The van der Waals surface area contributed by atoms with Crippen LogP contribution < -0.4 is 5.32 Å². The molecule has 2 rings (SSSR count). The zero-order valence-corrected chi connectivity index (χ0v) is 13.6. The van der Waals surface area contributed by atoms with Gasteiger partial charge in [0.2, 0.25) is 0 Å². The largest absolute Gasteiger partial charge is 0.315 e. The molecule has 0 amide bonds. The van der Waals surface area contributed by atoms with Crippen molar-refractivity contribution in [3.8, 4) is 0 Å². The Balaban J connectivity index is 1.68. The molecular weight excluding hydrogens is 248 g/mol. The van der Waals surface area contributed by atoms with E-state index in [1.165, 1.54) is 84.6 Å². The number of hydrogen-bond donors (Lipinski definition) is 1. The van der Waals surface area contributed by atoms with Crippen molar-refractivity contribution in [1.29, 1.82) is 0 Å². The predicted molar refractivity (Wildman–Crippen MR) is 86.3 cm³/mol. The molecule has 1 atom stereocenters. The van der Waals surface area contributed by atoms with Crippen LogP contribution in [0.2, 0.25) is 0 Å². The zero-order chi connectivity index (χ0) is 14.2. The molecule has 2 aliphatic heterocycles. The fourth-order valence-electron chi connectivity index (χ4n) is 3.37. The highest BCUT2D eigenvalue weighted by Gasteiger charge is 2.22. The van der Waals surface area contributed by atoms with Gasteiger partial charge in [0.15, 0.2) is 0 Å². The van der Waals surface area contributed by atoms with Crippen molar-refractivity contribution in [2.75, 3.05) is 66.0 Å². The third kappa shape index (κ3) is 5.32. The van der Waals surface area contributed by atoms with Crippen molar-refractivity contribution < 1.29 is 0 Å². The van der Waals surface area contributed by atoms with E-state index in [9.17, 15) is 0 Å². The number of rotatable bonds is 7. The van der Waals surface area contributed by atoms with Crippen molar-refractivity contribution in [3.05, 3.63) is 0 Å². The summed E-state index contributed by atoms with van der Waals surface area (Å²) in [6.07, 6.45) is 5.45. The molecule has 0 aromatic rings. The van der Waals surface area contributed by atoms with Crippen LogP contribution in [0.5, 0.6) is 0 Å². The predicted octanol–water partition coefficient (Wildman–Crippen LogP) is 1.09. The van der Waals surface area contributed by atoms with Gasteiger partial charge in [-0.1, -0.05) is 13.3 Å². The van der Waals surface area contributed by atoms with E-state index in [2.05, 4.69) is 34.0 Å². The third-order valence-corrected chi connectivity index (χ3v) is 4.86. The van der Waals surface area contributed by atoms with Crippen LogP contribution in [-0.4, -0.2) is 86.7 Å². The average Bonchev–Trinajstić information content (AvgIpc) is 2.48. The lowest BCUT2D eigenvalue weighted by Gasteiger charge is -2.38. The lowest BCUT2D eigenvalue weighted by Crippen LogP contribution is -2.51. The van der Waals surface area contributed by atoms with Crippen molar-refractivity contribution in [1.82, 2.24) is 20.0 Å². The Morgan fingerprint density at radius 2 is 1.80 bits per heavy atom. The molecule has 0 radical (unpaired) electrons. The summed E-state index contributed by atoms with van der Waals surface area (Å²) in [5, 5.41) is 3.62. The van der Waals surface area contributed by atoms with Gasteiger partial charge in [0.05, 0.1) is 0 Å². The summed E-state index contributed by atoms with van der Waals surface area (Å²) in [6.45, 7) is 13.4. The van der Waals surface area contributed by atoms with Crippen LogP contribution in [0, 0.1) is 0 Å².